The topological polar surface area (TPSA) is 55.0 Å². The van der Waals surface area contributed by atoms with Crippen LogP contribution in [0, 0.1) is 0 Å². The number of hydrogen-bond acceptors (Lipinski definition) is 4. The number of rotatable bonds is 2. The van der Waals surface area contributed by atoms with Crippen molar-refractivity contribution < 1.29 is 14.3 Å². The van der Waals surface area contributed by atoms with Gasteiger partial charge in [-0.2, -0.15) is 0 Å². The van der Waals surface area contributed by atoms with Gasteiger partial charge in [-0.15, -0.1) is 0 Å². The van der Waals surface area contributed by atoms with Crippen molar-refractivity contribution in [3.63, 3.8) is 0 Å². The number of fused-ring (bicyclic) bond motifs is 1. The molecule has 104 valence electrons. The summed E-state index contributed by atoms with van der Waals surface area (Å²) in [4.78, 5) is 4.42. The number of benzene rings is 2. The first-order chi connectivity index (χ1) is 10.3. The molecule has 2 aromatic carbocycles. The van der Waals surface area contributed by atoms with Crippen LogP contribution < -0.4 is 0 Å². The minimum Gasteiger partial charge on any atom is -0.480 e. The Morgan fingerprint density at radius 2 is 1.76 bits per heavy atom. The fraction of sp³-hybridized carbons (Fsp3) is 0.118. The van der Waals surface area contributed by atoms with Gasteiger partial charge in [0.15, 0.2) is 0 Å². The zero-order valence-corrected chi connectivity index (χ0v) is 11.2. The molecule has 1 aliphatic rings. The smallest absolute Gasteiger partial charge is 0.296 e. The summed E-state index contributed by atoms with van der Waals surface area (Å²) in [6.07, 6.45) is -0.116. The Morgan fingerprint density at radius 3 is 2.62 bits per heavy atom. The number of para-hydroxylation sites is 1. The lowest BCUT2D eigenvalue weighted by Crippen LogP contribution is -2.05. The van der Waals surface area contributed by atoms with Crippen LogP contribution in [0.2, 0.25) is 0 Å². The Morgan fingerprint density at radius 1 is 1.00 bits per heavy atom. The van der Waals surface area contributed by atoms with Crippen LogP contribution in [0.1, 0.15) is 17.2 Å². The molecular formula is C17H13NO3. The highest BCUT2D eigenvalue weighted by Crippen LogP contribution is 2.35. The van der Waals surface area contributed by atoms with Crippen molar-refractivity contribution in [2.45, 2.75) is 6.10 Å². The van der Waals surface area contributed by atoms with Crippen LogP contribution in [-0.2, 0) is 4.74 Å². The van der Waals surface area contributed by atoms with Crippen molar-refractivity contribution in [2.75, 3.05) is 6.54 Å². The molecule has 4 heteroatoms. The standard InChI is InChI=1S/C17H13NO3/c19-17-15(12-8-4-5-9-13(12)21-17)16-18-10-14(20-16)11-6-2-1-3-7-11/h1-9,14,19H,10H2/t14-/m1/s1. The number of aliphatic imine (C=N–C) groups is 1. The summed E-state index contributed by atoms with van der Waals surface area (Å²) in [7, 11) is 0. The SMILES string of the molecule is Oc1oc2ccccc2c1C1=NC[C@H](c2ccccc2)O1. The van der Waals surface area contributed by atoms with E-state index in [0.717, 1.165) is 10.9 Å². The van der Waals surface area contributed by atoms with E-state index in [1.165, 1.54) is 0 Å². The summed E-state index contributed by atoms with van der Waals surface area (Å²) in [5.41, 5.74) is 2.23. The van der Waals surface area contributed by atoms with Crippen LogP contribution in [0.15, 0.2) is 64.0 Å². The zero-order valence-electron chi connectivity index (χ0n) is 11.2. The van der Waals surface area contributed by atoms with Crippen LogP contribution in [0.4, 0.5) is 0 Å². The van der Waals surface area contributed by atoms with Crippen molar-refractivity contribution in [3.05, 3.63) is 65.7 Å². The Hall–Kier alpha value is -2.75. The second-order valence-electron chi connectivity index (χ2n) is 4.94. The van der Waals surface area contributed by atoms with Gasteiger partial charge in [-0.05, 0) is 11.6 Å². The number of nitrogens with zero attached hydrogens (tertiary/aromatic N) is 1. The number of aromatic hydroxyl groups is 1. The van der Waals surface area contributed by atoms with Gasteiger partial charge in [-0.3, -0.25) is 0 Å². The summed E-state index contributed by atoms with van der Waals surface area (Å²) >= 11 is 0. The van der Waals surface area contributed by atoms with E-state index in [1.54, 1.807) is 0 Å². The van der Waals surface area contributed by atoms with E-state index in [-0.39, 0.29) is 12.1 Å². The first-order valence-electron chi connectivity index (χ1n) is 6.80. The molecule has 0 saturated carbocycles. The predicted molar refractivity (Wildman–Crippen MR) is 79.6 cm³/mol. The second-order valence-corrected chi connectivity index (χ2v) is 4.94. The first-order valence-corrected chi connectivity index (χ1v) is 6.80. The predicted octanol–water partition coefficient (Wildman–Crippen LogP) is 3.66. The molecule has 0 radical (unpaired) electrons. The molecule has 1 aliphatic heterocycles. The Labute approximate surface area is 121 Å². The van der Waals surface area contributed by atoms with Crippen molar-refractivity contribution in [3.8, 4) is 5.95 Å². The fourth-order valence-corrected chi connectivity index (χ4v) is 2.59. The minimum absolute atomic E-state index is 0.116. The third-order valence-corrected chi connectivity index (χ3v) is 3.62. The Bertz CT molecular complexity index is 820. The average molecular weight is 279 g/mol. The lowest BCUT2D eigenvalue weighted by Gasteiger charge is -2.10. The molecule has 0 unspecified atom stereocenters. The van der Waals surface area contributed by atoms with Gasteiger partial charge in [-0.1, -0.05) is 48.5 Å². The largest absolute Gasteiger partial charge is 0.480 e. The summed E-state index contributed by atoms with van der Waals surface area (Å²) in [6.45, 7) is 0.540. The van der Waals surface area contributed by atoms with Crippen molar-refractivity contribution in [2.24, 2.45) is 4.99 Å². The van der Waals surface area contributed by atoms with E-state index in [0.29, 0.717) is 23.6 Å². The van der Waals surface area contributed by atoms with Gasteiger partial charge in [0.05, 0.1) is 6.54 Å². The number of furan rings is 1. The summed E-state index contributed by atoms with van der Waals surface area (Å²) in [6, 6.07) is 17.4. The van der Waals surface area contributed by atoms with E-state index in [4.69, 9.17) is 9.15 Å². The van der Waals surface area contributed by atoms with Crippen LogP contribution in [0.3, 0.4) is 0 Å². The normalized spacial score (nSPS) is 17.7. The van der Waals surface area contributed by atoms with E-state index in [2.05, 4.69) is 4.99 Å². The van der Waals surface area contributed by atoms with Crippen LogP contribution in [0.25, 0.3) is 11.0 Å². The molecule has 0 aliphatic carbocycles. The molecule has 0 spiro atoms. The fourth-order valence-electron chi connectivity index (χ4n) is 2.59. The maximum absolute atomic E-state index is 10.0. The van der Waals surface area contributed by atoms with Gasteiger partial charge in [0.2, 0.25) is 5.90 Å². The highest BCUT2D eigenvalue weighted by molar-refractivity contribution is 6.08. The minimum atomic E-state index is -0.149. The quantitative estimate of drug-likeness (QED) is 0.779. The molecule has 2 heterocycles. The Kier molecular flexibility index (Phi) is 2.67. The molecule has 1 aromatic heterocycles. The summed E-state index contributed by atoms with van der Waals surface area (Å²) < 4.78 is 11.3. The van der Waals surface area contributed by atoms with E-state index in [9.17, 15) is 5.11 Å². The molecule has 0 fully saturated rings. The van der Waals surface area contributed by atoms with Gasteiger partial charge in [0.1, 0.15) is 17.3 Å². The van der Waals surface area contributed by atoms with Gasteiger partial charge in [0, 0.05) is 5.39 Å². The second kappa shape index (κ2) is 4.66. The van der Waals surface area contributed by atoms with Crippen LogP contribution in [0.5, 0.6) is 5.95 Å². The average Bonchev–Trinajstić information content (AvgIpc) is 3.11. The van der Waals surface area contributed by atoms with Gasteiger partial charge >= 0.3 is 0 Å². The van der Waals surface area contributed by atoms with Gasteiger partial charge < -0.3 is 14.3 Å². The summed E-state index contributed by atoms with van der Waals surface area (Å²) in [5, 5.41) is 10.8. The van der Waals surface area contributed by atoms with Crippen LogP contribution in [-0.4, -0.2) is 17.5 Å². The molecule has 4 nitrogen and oxygen atoms in total. The van der Waals surface area contributed by atoms with E-state index < -0.39 is 0 Å². The van der Waals surface area contributed by atoms with Crippen molar-refractivity contribution >= 4 is 16.9 Å². The maximum Gasteiger partial charge on any atom is 0.296 e. The molecule has 4 rings (SSSR count). The lowest BCUT2D eigenvalue weighted by atomic mass is 10.1. The first kappa shape index (κ1) is 12.0. The van der Waals surface area contributed by atoms with Gasteiger partial charge in [-0.25, -0.2) is 4.99 Å². The molecule has 0 bridgehead atoms. The molecule has 0 saturated heterocycles. The zero-order chi connectivity index (χ0) is 14.2. The van der Waals surface area contributed by atoms with Crippen LogP contribution >= 0.6 is 0 Å². The molecular weight excluding hydrogens is 266 g/mol. The van der Waals surface area contributed by atoms with E-state index >= 15 is 0 Å². The third-order valence-electron chi connectivity index (χ3n) is 3.62. The molecule has 1 N–H and O–H groups in total. The Balaban J connectivity index is 1.70. The molecule has 1 atom stereocenters. The third kappa shape index (κ3) is 1.96. The highest BCUT2D eigenvalue weighted by Gasteiger charge is 2.28. The lowest BCUT2D eigenvalue weighted by molar-refractivity contribution is 0.229. The summed E-state index contributed by atoms with van der Waals surface area (Å²) in [5.74, 6) is 0.287. The molecule has 3 aromatic rings. The van der Waals surface area contributed by atoms with Crippen molar-refractivity contribution in [1.82, 2.24) is 0 Å². The molecule has 21 heavy (non-hydrogen) atoms. The number of ether oxygens (including phenoxy) is 1. The van der Waals surface area contributed by atoms with E-state index in [1.807, 2.05) is 54.6 Å². The monoisotopic (exact) mass is 279 g/mol. The number of hydrogen-bond donors (Lipinski definition) is 1. The molecule has 0 amide bonds. The maximum atomic E-state index is 10.0. The van der Waals surface area contributed by atoms with Crippen molar-refractivity contribution in [1.29, 1.82) is 0 Å². The van der Waals surface area contributed by atoms with Gasteiger partial charge in [0.25, 0.3) is 5.95 Å². The highest BCUT2D eigenvalue weighted by atomic mass is 16.5.